The maximum Gasteiger partial charge on any atom is 0.335 e. The highest BCUT2D eigenvalue weighted by Gasteiger charge is 2.10. The topological polar surface area (TPSA) is 46.5 Å². The first kappa shape index (κ1) is 15.0. The van der Waals surface area contributed by atoms with Crippen molar-refractivity contribution in [1.29, 1.82) is 0 Å². The lowest BCUT2D eigenvalue weighted by atomic mass is 10.1. The third-order valence-electron chi connectivity index (χ3n) is 2.52. The minimum Gasteiger partial charge on any atom is -0.486 e. The van der Waals surface area contributed by atoms with E-state index in [0.717, 1.165) is 0 Å². The van der Waals surface area contributed by atoms with Gasteiger partial charge in [-0.2, -0.15) is 0 Å². The van der Waals surface area contributed by atoms with E-state index in [2.05, 4.69) is 0 Å². The monoisotopic (exact) mass is 330 g/mol. The summed E-state index contributed by atoms with van der Waals surface area (Å²) in [5, 5.41) is 9.94. The standard InChI is InChI=1S/C14H9Cl3O3/c15-10-5-11(16)13(12(17)6-10)20-7-8-2-1-3-9(4-8)14(18)19/h1-6H,7H2,(H,18,19). The molecule has 0 spiro atoms. The number of rotatable bonds is 4. The van der Waals surface area contributed by atoms with Gasteiger partial charge in [0.05, 0.1) is 15.6 Å². The van der Waals surface area contributed by atoms with E-state index in [9.17, 15) is 4.79 Å². The molecule has 0 aliphatic heterocycles. The summed E-state index contributed by atoms with van der Waals surface area (Å²) in [7, 11) is 0. The van der Waals surface area contributed by atoms with Crippen molar-refractivity contribution in [3.8, 4) is 5.75 Å². The molecule has 0 aliphatic rings. The highest BCUT2D eigenvalue weighted by molar-refractivity contribution is 6.40. The number of carboxylic acids is 1. The highest BCUT2D eigenvalue weighted by Crippen LogP contribution is 2.36. The molecule has 0 radical (unpaired) electrons. The predicted molar refractivity (Wildman–Crippen MR) is 79.2 cm³/mol. The summed E-state index contributed by atoms with van der Waals surface area (Å²) in [6.07, 6.45) is 0. The molecular weight excluding hydrogens is 323 g/mol. The van der Waals surface area contributed by atoms with Crippen molar-refractivity contribution >= 4 is 40.8 Å². The number of benzene rings is 2. The van der Waals surface area contributed by atoms with E-state index in [1.165, 1.54) is 24.3 Å². The lowest BCUT2D eigenvalue weighted by Crippen LogP contribution is -2.00. The Bertz CT molecular complexity index is 633. The lowest BCUT2D eigenvalue weighted by Gasteiger charge is -2.10. The molecule has 1 N–H and O–H groups in total. The third kappa shape index (κ3) is 3.57. The van der Waals surface area contributed by atoms with Crippen LogP contribution in [0.3, 0.4) is 0 Å². The van der Waals surface area contributed by atoms with Gasteiger partial charge in [-0.05, 0) is 29.8 Å². The Balaban J connectivity index is 2.17. The maximum atomic E-state index is 10.9. The molecule has 0 aromatic heterocycles. The van der Waals surface area contributed by atoms with Crippen molar-refractivity contribution in [3.05, 3.63) is 62.6 Å². The molecular formula is C14H9Cl3O3. The zero-order valence-electron chi connectivity index (χ0n) is 10.1. The van der Waals surface area contributed by atoms with Crippen LogP contribution in [0.1, 0.15) is 15.9 Å². The van der Waals surface area contributed by atoms with Gasteiger partial charge in [-0.3, -0.25) is 0 Å². The van der Waals surface area contributed by atoms with Gasteiger partial charge in [-0.25, -0.2) is 4.79 Å². The summed E-state index contributed by atoms with van der Waals surface area (Å²) < 4.78 is 5.53. The molecule has 0 fully saturated rings. The van der Waals surface area contributed by atoms with E-state index in [4.69, 9.17) is 44.6 Å². The number of ether oxygens (including phenoxy) is 1. The molecule has 0 saturated heterocycles. The van der Waals surface area contributed by atoms with E-state index < -0.39 is 5.97 Å². The van der Waals surface area contributed by atoms with Crippen LogP contribution in [0.5, 0.6) is 5.75 Å². The van der Waals surface area contributed by atoms with Crippen LogP contribution in [0.2, 0.25) is 15.1 Å². The van der Waals surface area contributed by atoms with Gasteiger partial charge in [-0.1, -0.05) is 46.9 Å². The van der Waals surface area contributed by atoms with Gasteiger partial charge < -0.3 is 9.84 Å². The first-order valence-electron chi connectivity index (χ1n) is 5.57. The fourth-order valence-electron chi connectivity index (χ4n) is 1.62. The van der Waals surface area contributed by atoms with Crippen molar-refractivity contribution < 1.29 is 14.6 Å². The SMILES string of the molecule is O=C(O)c1cccc(COc2c(Cl)cc(Cl)cc2Cl)c1. The maximum absolute atomic E-state index is 10.9. The first-order chi connectivity index (χ1) is 9.47. The van der Waals surface area contributed by atoms with Crippen LogP contribution in [0.15, 0.2) is 36.4 Å². The molecule has 0 unspecified atom stereocenters. The van der Waals surface area contributed by atoms with E-state index >= 15 is 0 Å². The van der Waals surface area contributed by atoms with Gasteiger partial charge in [0.15, 0.2) is 5.75 Å². The van der Waals surface area contributed by atoms with Crippen LogP contribution in [0.25, 0.3) is 0 Å². The summed E-state index contributed by atoms with van der Waals surface area (Å²) in [4.78, 5) is 10.9. The average molecular weight is 332 g/mol. The molecule has 104 valence electrons. The molecule has 0 aliphatic carbocycles. The number of aromatic carboxylic acids is 1. The van der Waals surface area contributed by atoms with E-state index in [1.54, 1.807) is 12.1 Å². The Kier molecular flexibility index (Phi) is 4.76. The number of hydrogen-bond donors (Lipinski definition) is 1. The molecule has 2 aromatic rings. The van der Waals surface area contributed by atoms with Crippen LogP contribution < -0.4 is 4.74 Å². The van der Waals surface area contributed by atoms with Crippen LogP contribution in [-0.4, -0.2) is 11.1 Å². The lowest BCUT2D eigenvalue weighted by molar-refractivity contribution is 0.0696. The van der Waals surface area contributed by atoms with Gasteiger partial charge >= 0.3 is 5.97 Å². The van der Waals surface area contributed by atoms with Crippen molar-refractivity contribution in [1.82, 2.24) is 0 Å². The Morgan fingerprint density at radius 1 is 1.10 bits per heavy atom. The second kappa shape index (κ2) is 6.35. The molecule has 0 bridgehead atoms. The Morgan fingerprint density at radius 2 is 1.75 bits per heavy atom. The molecule has 2 rings (SSSR count). The molecule has 0 amide bonds. The molecule has 3 nitrogen and oxygen atoms in total. The summed E-state index contributed by atoms with van der Waals surface area (Å²) in [6.45, 7) is 0.155. The number of carbonyl (C=O) groups is 1. The van der Waals surface area contributed by atoms with Gasteiger partial charge in [0.25, 0.3) is 0 Å². The van der Waals surface area contributed by atoms with Gasteiger partial charge in [0.2, 0.25) is 0 Å². The molecule has 0 atom stereocenters. The zero-order chi connectivity index (χ0) is 14.7. The summed E-state index contributed by atoms with van der Waals surface area (Å²) in [5.74, 6) is -0.673. The van der Waals surface area contributed by atoms with Crippen LogP contribution in [0.4, 0.5) is 0 Å². The minimum atomic E-state index is -0.991. The van der Waals surface area contributed by atoms with Crippen molar-refractivity contribution in [3.63, 3.8) is 0 Å². The predicted octanol–water partition coefficient (Wildman–Crippen LogP) is 4.92. The van der Waals surface area contributed by atoms with E-state index in [-0.39, 0.29) is 12.2 Å². The van der Waals surface area contributed by atoms with Crippen LogP contribution >= 0.6 is 34.8 Å². The fourth-order valence-corrected chi connectivity index (χ4v) is 2.54. The Labute approximate surface area is 130 Å². The van der Waals surface area contributed by atoms with Crippen LogP contribution in [-0.2, 0) is 6.61 Å². The normalized spacial score (nSPS) is 10.3. The van der Waals surface area contributed by atoms with E-state index in [1.807, 2.05) is 0 Å². The molecule has 6 heteroatoms. The smallest absolute Gasteiger partial charge is 0.335 e. The fraction of sp³-hybridized carbons (Fsp3) is 0.0714. The summed E-state index contributed by atoms with van der Waals surface area (Å²) >= 11 is 17.8. The zero-order valence-corrected chi connectivity index (χ0v) is 12.3. The Morgan fingerprint density at radius 3 is 2.35 bits per heavy atom. The number of hydrogen-bond acceptors (Lipinski definition) is 2. The number of carboxylic acid groups (broad SMARTS) is 1. The van der Waals surface area contributed by atoms with Crippen molar-refractivity contribution in [2.45, 2.75) is 6.61 Å². The van der Waals surface area contributed by atoms with Crippen molar-refractivity contribution in [2.24, 2.45) is 0 Å². The molecule has 0 heterocycles. The van der Waals surface area contributed by atoms with Gasteiger partial charge in [0.1, 0.15) is 6.61 Å². The van der Waals surface area contributed by atoms with E-state index in [0.29, 0.717) is 26.4 Å². The molecule has 0 saturated carbocycles. The largest absolute Gasteiger partial charge is 0.486 e. The average Bonchev–Trinajstić information content (AvgIpc) is 2.37. The highest BCUT2D eigenvalue weighted by atomic mass is 35.5. The van der Waals surface area contributed by atoms with Gasteiger partial charge in [0, 0.05) is 5.02 Å². The second-order valence-corrected chi connectivity index (χ2v) is 5.24. The summed E-state index contributed by atoms with van der Waals surface area (Å²) in [5.41, 5.74) is 0.895. The first-order valence-corrected chi connectivity index (χ1v) is 6.70. The minimum absolute atomic E-state index is 0.155. The van der Waals surface area contributed by atoms with Crippen LogP contribution in [0, 0.1) is 0 Å². The van der Waals surface area contributed by atoms with Gasteiger partial charge in [-0.15, -0.1) is 0 Å². The molecule has 2 aromatic carbocycles. The Hall–Kier alpha value is -1.42. The summed E-state index contributed by atoms with van der Waals surface area (Å²) in [6, 6.07) is 9.49. The molecule has 20 heavy (non-hydrogen) atoms. The van der Waals surface area contributed by atoms with Crippen molar-refractivity contribution in [2.75, 3.05) is 0 Å². The quantitative estimate of drug-likeness (QED) is 0.864. The second-order valence-electron chi connectivity index (χ2n) is 3.99. The number of halogens is 3. The third-order valence-corrected chi connectivity index (χ3v) is 3.30.